The summed E-state index contributed by atoms with van der Waals surface area (Å²) in [6.45, 7) is 1.65. The summed E-state index contributed by atoms with van der Waals surface area (Å²) in [6, 6.07) is 17.1. The Morgan fingerprint density at radius 2 is 1.73 bits per heavy atom. The number of esters is 1. The Balaban J connectivity index is 1.81. The summed E-state index contributed by atoms with van der Waals surface area (Å²) in [5.41, 5.74) is 0.817. The quantitative estimate of drug-likeness (QED) is 0.354. The van der Waals surface area contributed by atoms with Gasteiger partial charge in [0.25, 0.3) is 0 Å². The van der Waals surface area contributed by atoms with Crippen LogP contribution in [0.25, 0.3) is 0 Å². The summed E-state index contributed by atoms with van der Waals surface area (Å²) in [4.78, 5) is 17.1. The van der Waals surface area contributed by atoms with Gasteiger partial charge >= 0.3 is 5.97 Å². The fourth-order valence-electron chi connectivity index (χ4n) is 1.65. The van der Waals surface area contributed by atoms with Gasteiger partial charge in [-0.2, -0.15) is 0 Å². The third-order valence-electron chi connectivity index (χ3n) is 2.74. The van der Waals surface area contributed by atoms with Crippen LogP contribution in [0.1, 0.15) is 17.3 Å². The SMILES string of the molecule is CC(CO/N=[N+](\[O-])c1ccccc1)OC(=O)c1ccccc1. The van der Waals surface area contributed by atoms with Crippen LogP contribution >= 0.6 is 0 Å². The Bertz CT molecular complexity index is 629. The van der Waals surface area contributed by atoms with Gasteiger partial charge in [-0.05, 0) is 23.9 Å². The molecule has 0 saturated carbocycles. The van der Waals surface area contributed by atoms with E-state index in [0.29, 0.717) is 16.1 Å². The molecule has 0 aliphatic heterocycles. The lowest BCUT2D eigenvalue weighted by Gasteiger charge is -2.11. The van der Waals surface area contributed by atoms with Crippen molar-refractivity contribution in [1.82, 2.24) is 0 Å². The third kappa shape index (κ3) is 4.59. The third-order valence-corrected chi connectivity index (χ3v) is 2.74. The van der Waals surface area contributed by atoms with Gasteiger partial charge in [-0.3, -0.25) is 0 Å². The molecule has 0 saturated heterocycles. The Hall–Kier alpha value is -2.89. The summed E-state index contributed by atoms with van der Waals surface area (Å²) in [5.74, 6) is -0.446. The fraction of sp³-hybridized carbons (Fsp3) is 0.188. The first-order valence-electron chi connectivity index (χ1n) is 6.78. The van der Waals surface area contributed by atoms with Crippen molar-refractivity contribution in [3.8, 4) is 0 Å². The van der Waals surface area contributed by atoms with Gasteiger partial charge in [-0.25, -0.2) is 4.79 Å². The number of hydrogen-bond donors (Lipinski definition) is 0. The number of benzene rings is 2. The standard InChI is InChI=1S/C16H16N2O4/c1-13(22-16(19)14-8-4-2-5-9-14)12-21-17-18(20)15-10-6-3-7-11-15/h2-11,13H,12H2,1H3/b18-17-. The number of rotatable bonds is 6. The van der Waals surface area contributed by atoms with Crippen LogP contribution in [0.3, 0.4) is 0 Å². The fourth-order valence-corrected chi connectivity index (χ4v) is 1.65. The second kappa shape index (κ2) is 7.78. The zero-order valence-electron chi connectivity index (χ0n) is 12.1. The summed E-state index contributed by atoms with van der Waals surface area (Å²) in [7, 11) is 0. The molecule has 0 fully saturated rings. The van der Waals surface area contributed by atoms with Crippen LogP contribution in [0, 0.1) is 5.21 Å². The largest absolute Gasteiger partial charge is 0.592 e. The number of carbonyl (C=O) groups is 1. The topological polar surface area (TPSA) is 74.0 Å². The van der Waals surface area contributed by atoms with Crippen molar-refractivity contribution < 1.29 is 19.2 Å². The maximum Gasteiger partial charge on any atom is 0.338 e. The highest BCUT2D eigenvalue weighted by molar-refractivity contribution is 5.89. The molecule has 1 unspecified atom stereocenters. The molecular weight excluding hydrogens is 284 g/mol. The van der Waals surface area contributed by atoms with Gasteiger partial charge in [-0.1, -0.05) is 36.4 Å². The number of nitrogens with zero attached hydrogens (tertiary/aromatic N) is 2. The van der Waals surface area contributed by atoms with Crippen LogP contribution in [0.15, 0.2) is 65.9 Å². The van der Waals surface area contributed by atoms with E-state index in [4.69, 9.17) is 9.57 Å². The van der Waals surface area contributed by atoms with Crippen molar-refractivity contribution >= 4 is 11.7 Å². The Morgan fingerprint density at radius 3 is 2.36 bits per heavy atom. The molecule has 0 aliphatic carbocycles. The van der Waals surface area contributed by atoms with Crippen molar-refractivity contribution in [1.29, 1.82) is 0 Å². The highest BCUT2D eigenvalue weighted by Crippen LogP contribution is 2.10. The molecule has 0 aromatic heterocycles. The molecule has 0 N–H and O–H groups in total. The number of hydrogen-bond acceptors (Lipinski definition) is 5. The molecule has 0 amide bonds. The van der Waals surface area contributed by atoms with E-state index in [-0.39, 0.29) is 6.61 Å². The number of ether oxygens (including phenoxy) is 1. The van der Waals surface area contributed by atoms with E-state index < -0.39 is 12.1 Å². The number of carbonyl (C=O) groups excluding carboxylic acids is 1. The zero-order valence-corrected chi connectivity index (χ0v) is 12.1. The lowest BCUT2D eigenvalue weighted by Crippen LogP contribution is -2.19. The van der Waals surface area contributed by atoms with Crippen molar-refractivity contribution in [2.45, 2.75) is 13.0 Å². The van der Waals surface area contributed by atoms with Gasteiger partial charge in [0.15, 0.2) is 6.61 Å². The highest BCUT2D eigenvalue weighted by Gasteiger charge is 2.12. The molecule has 0 bridgehead atoms. The van der Waals surface area contributed by atoms with Crippen LogP contribution in [-0.2, 0) is 9.57 Å². The van der Waals surface area contributed by atoms with Gasteiger partial charge in [0, 0.05) is 12.1 Å². The van der Waals surface area contributed by atoms with Crippen LogP contribution in [-0.4, -0.2) is 23.5 Å². The van der Waals surface area contributed by atoms with Gasteiger partial charge in [0.2, 0.25) is 11.0 Å². The minimum absolute atomic E-state index is 0.00977. The van der Waals surface area contributed by atoms with Crippen LogP contribution in [0.5, 0.6) is 0 Å². The maximum atomic E-state index is 11.8. The predicted molar refractivity (Wildman–Crippen MR) is 79.4 cm³/mol. The molecule has 6 nitrogen and oxygen atoms in total. The normalized spacial score (nSPS) is 12.5. The molecule has 1 atom stereocenters. The molecule has 0 heterocycles. The van der Waals surface area contributed by atoms with E-state index in [1.165, 1.54) is 0 Å². The summed E-state index contributed by atoms with van der Waals surface area (Å²) >= 11 is 0. The Kier molecular flexibility index (Phi) is 5.48. The highest BCUT2D eigenvalue weighted by atomic mass is 16.7. The minimum atomic E-state index is -0.527. The van der Waals surface area contributed by atoms with Crippen molar-refractivity contribution in [3.63, 3.8) is 0 Å². The van der Waals surface area contributed by atoms with Crippen LogP contribution in [0.2, 0.25) is 0 Å². The lowest BCUT2D eigenvalue weighted by molar-refractivity contribution is -0.479. The monoisotopic (exact) mass is 300 g/mol. The zero-order chi connectivity index (χ0) is 15.8. The summed E-state index contributed by atoms with van der Waals surface area (Å²) in [6.07, 6.45) is -0.527. The van der Waals surface area contributed by atoms with E-state index in [2.05, 4.69) is 5.28 Å². The van der Waals surface area contributed by atoms with Crippen LogP contribution in [0.4, 0.5) is 5.69 Å². The van der Waals surface area contributed by atoms with Gasteiger partial charge in [0.1, 0.15) is 6.10 Å². The molecule has 2 aromatic carbocycles. The van der Waals surface area contributed by atoms with E-state index in [1.54, 1.807) is 61.5 Å². The first-order chi connectivity index (χ1) is 10.7. The average Bonchev–Trinajstić information content (AvgIpc) is 2.56. The first kappa shape index (κ1) is 15.5. The van der Waals surface area contributed by atoms with E-state index in [1.807, 2.05) is 6.07 Å². The molecule has 2 rings (SSSR count). The van der Waals surface area contributed by atoms with Crippen molar-refractivity contribution in [2.24, 2.45) is 5.28 Å². The van der Waals surface area contributed by atoms with E-state index in [9.17, 15) is 10.0 Å². The summed E-state index contributed by atoms with van der Waals surface area (Å²) < 4.78 is 5.18. The van der Waals surface area contributed by atoms with E-state index in [0.717, 1.165) is 0 Å². The molecule has 114 valence electrons. The minimum Gasteiger partial charge on any atom is -0.592 e. The van der Waals surface area contributed by atoms with Crippen molar-refractivity contribution in [2.75, 3.05) is 6.61 Å². The molecule has 0 spiro atoms. The van der Waals surface area contributed by atoms with Crippen molar-refractivity contribution in [3.05, 3.63) is 71.4 Å². The second-order valence-corrected chi connectivity index (χ2v) is 4.57. The summed E-state index contributed by atoms with van der Waals surface area (Å²) in [5, 5.41) is 15.0. The predicted octanol–water partition coefficient (Wildman–Crippen LogP) is 3.46. The number of para-hydroxylation sites is 1. The average molecular weight is 300 g/mol. The molecule has 2 aromatic rings. The molecule has 0 radical (unpaired) electrons. The van der Waals surface area contributed by atoms with E-state index >= 15 is 0 Å². The van der Waals surface area contributed by atoms with Gasteiger partial charge in [-0.15, -0.1) is 0 Å². The molecule has 0 aliphatic rings. The second-order valence-electron chi connectivity index (χ2n) is 4.57. The van der Waals surface area contributed by atoms with Gasteiger partial charge < -0.3 is 14.8 Å². The molecular formula is C16H16N2O4. The first-order valence-corrected chi connectivity index (χ1v) is 6.78. The molecule has 6 heteroatoms. The van der Waals surface area contributed by atoms with Crippen LogP contribution < -0.4 is 0 Å². The Morgan fingerprint density at radius 1 is 1.14 bits per heavy atom. The Labute approximate surface area is 128 Å². The lowest BCUT2D eigenvalue weighted by atomic mass is 10.2. The molecule has 22 heavy (non-hydrogen) atoms. The smallest absolute Gasteiger partial charge is 0.338 e. The van der Waals surface area contributed by atoms with Gasteiger partial charge in [0.05, 0.1) is 5.56 Å². The maximum absolute atomic E-state index is 11.8.